The Kier molecular flexibility index (Phi) is 3.61. The molecule has 22 heavy (non-hydrogen) atoms. The van der Waals surface area contributed by atoms with Crippen molar-refractivity contribution in [2.45, 2.75) is 69.4 Å². The van der Waals surface area contributed by atoms with Gasteiger partial charge in [0.25, 0.3) is 0 Å². The van der Waals surface area contributed by atoms with E-state index in [9.17, 15) is 10.2 Å². The van der Waals surface area contributed by atoms with Crippen molar-refractivity contribution >= 4 is 15.9 Å². The minimum atomic E-state index is -0.311. The number of rotatable bonds is 0. The van der Waals surface area contributed by atoms with Crippen LogP contribution in [0.4, 0.5) is 0 Å². The zero-order valence-corrected chi connectivity index (χ0v) is 15.3. The van der Waals surface area contributed by atoms with E-state index in [1.54, 1.807) is 0 Å². The monoisotopic (exact) mass is 368 g/mol. The van der Waals surface area contributed by atoms with Gasteiger partial charge in [-0.2, -0.15) is 0 Å². The molecule has 0 saturated heterocycles. The normalized spacial score (nSPS) is 60.5. The van der Waals surface area contributed by atoms with Crippen LogP contribution in [0.25, 0.3) is 0 Å². The fraction of sp³-hybridized carbons (Fsp3) is 0.895. The van der Waals surface area contributed by atoms with Crippen molar-refractivity contribution in [1.29, 1.82) is 0 Å². The van der Waals surface area contributed by atoms with E-state index in [4.69, 9.17) is 0 Å². The molecular weight excluding hydrogens is 340 g/mol. The van der Waals surface area contributed by atoms with Crippen LogP contribution < -0.4 is 0 Å². The smallest absolute Gasteiger partial charge is 0.0724 e. The molecule has 0 aromatic heterocycles. The minimum absolute atomic E-state index is 0.175. The molecule has 9 atom stereocenters. The van der Waals surface area contributed by atoms with E-state index in [1.807, 2.05) is 6.08 Å². The summed E-state index contributed by atoms with van der Waals surface area (Å²) in [7, 11) is 0. The summed E-state index contributed by atoms with van der Waals surface area (Å²) in [6, 6.07) is 0. The number of alkyl halides is 1. The first kappa shape index (κ1) is 15.7. The summed E-state index contributed by atoms with van der Waals surface area (Å²) in [5, 5.41) is 21.0. The molecule has 0 bridgehead atoms. The number of hydrogen-bond acceptors (Lipinski definition) is 2. The number of hydrogen-bond donors (Lipinski definition) is 2. The minimum Gasteiger partial charge on any atom is -0.393 e. The molecule has 3 fully saturated rings. The number of aliphatic hydroxyl groups is 2. The lowest BCUT2D eigenvalue weighted by Gasteiger charge is -2.60. The lowest BCUT2D eigenvalue weighted by molar-refractivity contribution is -0.137. The van der Waals surface area contributed by atoms with Gasteiger partial charge in [0.05, 0.1) is 12.2 Å². The van der Waals surface area contributed by atoms with Crippen molar-refractivity contribution in [3.05, 3.63) is 12.2 Å². The lowest BCUT2D eigenvalue weighted by atomic mass is 9.46. The first-order valence-electron chi connectivity index (χ1n) is 9.03. The van der Waals surface area contributed by atoms with Gasteiger partial charge >= 0.3 is 0 Å². The summed E-state index contributed by atoms with van der Waals surface area (Å²) in [4.78, 5) is 0.627. The predicted molar refractivity (Wildman–Crippen MR) is 91.7 cm³/mol. The average molecular weight is 369 g/mol. The Morgan fingerprint density at radius 2 is 1.86 bits per heavy atom. The Labute approximate surface area is 142 Å². The maximum Gasteiger partial charge on any atom is 0.0724 e. The molecule has 0 unspecified atom stereocenters. The maximum atomic E-state index is 11.0. The van der Waals surface area contributed by atoms with Gasteiger partial charge in [-0.1, -0.05) is 41.9 Å². The van der Waals surface area contributed by atoms with Crippen LogP contribution in [0.2, 0.25) is 0 Å². The molecule has 0 radical (unpaired) electrons. The third-order valence-corrected chi connectivity index (χ3v) is 8.60. The Morgan fingerprint density at radius 1 is 1.09 bits per heavy atom. The third kappa shape index (κ3) is 2.11. The van der Waals surface area contributed by atoms with E-state index in [0.29, 0.717) is 33.9 Å². The molecule has 3 heteroatoms. The average Bonchev–Trinajstić information content (AvgIpc) is 2.75. The topological polar surface area (TPSA) is 40.5 Å². The molecule has 0 aliphatic heterocycles. The number of aliphatic hydroxyl groups excluding tert-OH is 2. The Bertz CT molecular complexity index is 492. The van der Waals surface area contributed by atoms with E-state index in [2.05, 4.69) is 35.9 Å². The molecule has 2 nitrogen and oxygen atoms in total. The fourth-order valence-corrected chi connectivity index (χ4v) is 7.88. The summed E-state index contributed by atoms with van der Waals surface area (Å²) in [5.41, 5.74) is 0.590. The molecule has 0 aromatic carbocycles. The van der Waals surface area contributed by atoms with Crippen molar-refractivity contribution in [2.75, 3.05) is 0 Å². The Balaban J connectivity index is 1.71. The van der Waals surface area contributed by atoms with Crippen LogP contribution in [0.3, 0.4) is 0 Å². The second kappa shape index (κ2) is 5.07. The predicted octanol–water partition coefficient (Wildman–Crippen LogP) is 3.90. The zero-order valence-electron chi connectivity index (χ0n) is 13.7. The maximum absolute atomic E-state index is 11.0. The summed E-state index contributed by atoms with van der Waals surface area (Å²) in [6.07, 6.45) is 10.6. The van der Waals surface area contributed by atoms with Gasteiger partial charge in [-0.3, -0.25) is 0 Å². The summed E-state index contributed by atoms with van der Waals surface area (Å²) in [6.45, 7) is 4.85. The first-order valence-corrected chi connectivity index (χ1v) is 9.94. The van der Waals surface area contributed by atoms with Crippen LogP contribution in [0.5, 0.6) is 0 Å². The summed E-state index contributed by atoms with van der Waals surface area (Å²) >= 11 is 3.86. The van der Waals surface area contributed by atoms with Gasteiger partial charge in [-0.05, 0) is 73.0 Å². The number of fused-ring (bicyclic) bond motifs is 5. The van der Waals surface area contributed by atoms with Gasteiger partial charge < -0.3 is 10.2 Å². The molecule has 4 rings (SSSR count). The highest BCUT2D eigenvalue weighted by atomic mass is 79.9. The molecule has 4 aliphatic rings. The highest BCUT2D eigenvalue weighted by Gasteiger charge is 2.60. The van der Waals surface area contributed by atoms with Crippen LogP contribution in [0.15, 0.2) is 12.2 Å². The molecule has 0 heterocycles. The standard InChI is InChI=1S/C19H29BrO2/c1-18-5-4-14-17(15(18)9-12(20)10-18)16(22)8-11-7-13(21)3-6-19(11,14)2/h3,6,11-17,21-22H,4-5,7-10H2,1-2H3/t11-,12+,13+,14+,15+,16+,17-,18-,19+/m1/s1. The number of halogens is 1. The molecule has 0 aromatic rings. The van der Waals surface area contributed by atoms with Crippen LogP contribution in [0.1, 0.15) is 52.4 Å². The van der Waals surface area contributed by atoms with Gasteiger partial charge in [-0.25, -0.2) is 0 Å². The van der Waals surface area contributed by atoms with Gasteiger partial charge in [-0.15, -0.1) is 0 Å². The van der Waals surface area contributed by atoms with Crippen molar-refractivity contribution in [2.24, 2.45) is 34.5 Å². The summed E-state index contributed by atoms with van der Waals surface area (Å²) < 4.78 is 0. The number of allylic oxidation sites excluding steroid dienone is 1. The zero-order chi connectivity index (χ0) is 15.7. The lowest BCUT2D eigenvalue weighted by Crippen LogP contribution is -2.56. The van der Waals surface area contributed by atoms with Crippen molar-refractivity contribution in [3.8, 4) is 0 Å². The molecule has 3 saturated carbocycles. The van der Waals surface area contributed by atoms with E-state index < -0.39 is 0 Å². The second-order valence-electron chi connectivity index (χ2n) is 9.05. The van der Waals surface area contributed by atoms with Gasteiger partial charge in [0.15, 0.2) is 0 Å². The van der Waals surface area contributed by atoms with E-state index in [-0.39, 0.29) is 17.6 Å². The van der Waals surface area contributed by atoms with Crippen molar-refractivity contribution < 1.29 is 10.2 Å². The van der Waals surface area contributed by atoms with Crippen molar-refractivity contribution in [3.63, 3.8) is 0 Å². The highest BCUT2D eigenvalue weighted by molar-refractivity contribution is 9.09. The Morgan fingerprint density at radius 3 is 2.64 bits per heavy atom. The van der Waals surface area contributed by atoms with Crippen molar-refractivity contribution in [1.82, 2.24) is 0 Å². The van der Waals surface area contributed by atoms with Crippen LogP contribution in [-0.4, -0.2) is 27.2 Å². The first-order chi connectivity index (χ1) is 10.3. The molecule has 124 valence electrons. The van der Waals surface area contributed by atoms with Gasteiger partial charge in [0, 0.05) is 4.83 Å². The van der Waals surface area contributed by atoms with Gasteiger partial charge in [0.1, 0.15) is 0 Å². The van der Waals surface area contributed by atoms with Crippen LogP contribution in [0, 0.1) is 34.5 Å². The summed E-state index contributed by atoms with van der Waals surface area (Å²) in [5.74, 6) is 2.13. The van der Waals surface area contributed by atoms with Crippen LogP contribution >= 0.6 is 15.9 Å². The highest BCUT2D eigenvalue weighted by Crippen LogP contribution is 2.65. The molecule has 2 N–H and O–H groups in total. The van der Waals surface area contributed by atoms with E-state index in [0.717, 1.165) is 12.8 Å². The van der Waals surface area contributed by atoms with Gasteiger partial charge in [0.2, 0.25) is 0 Å². The van der Waals surface area contributed by atoms with E-state index in [1.165, 1.54) is 25.7 Å². The third-order valence-electron chi connectivity index (χ3n) is 7.90. The quantitative estimate of drug-likeness (QED) is 0.502. The molecule has 0 amide bonds. The molecule has 0 spiro atoms. The second-order valence-corrected chi connectivity index (χ2v) is 10.3. The molecule has 4 aliphatic carbocycles. The molecular formula is C19H29BrO2. The van der Waals surface area contributed by atoms with E-state index >= 15 is 0 Å². The van der Waals surface area contributed by atoms with Crippen LogP contribution in [-0.2, 0) is 0 Å². The Hall–Kier alpha value is 0.140. The SMILES string of the molecule is C[C@]12CC[C@H]3[C@@H]([C@@H](O)C[C@H]4C[C@@H](O)C=C[C@@]43C)[C@@H]1C[C@H](Br)C2. The fourth-order valence-electron chi connectivity index (χ4n) is 6.73. The largest absolute Gasteiger partial charge is 0.393 e.